The number of rotatable bonds is 2. The van der Waals surface area contributed by atoms with E-state index in [2.05, 4.69) is 10.6 Å². The van der Waals surface area contributed by atoms with Crippen molar-refractivity contribution in [2.75, 3.05) is 14.1 Å². The number of fused-ring (bicyclic) bond motifs is 2. The lowest BCUT2D eigenvalue weighted by Gasteiger charge is -2.53. The topological polar surface area (TPSA) is 130 Å². The Morgan fingerprint density at radius 2 is 1.65 bits per heavy atom. The molecule has 2 aliphatic heterocycles. The predicted molar refractivity (Wildman–Crippen MR) is 95.5 cm³/mol. The molecular formula is C15H28Cl2N2O7. The van der Waals surface area contributed by atoms with Gasteiger partial charge in [-0.3, -0.25) is 4.79 Å². The number of ketones is 1. The standard InChI is InChI=1S/C15H26N2O7.2ClH/c1-6-4-5-7(18)15(21)14(22-6)23-13-11(20)8(16-2)10(19)9(17-3)12(13)24-15;;/h6,8-14,16-17,19-21H,4-5H2,1-3H3;2*1H/t6-,8-,9+,10+,11+,12-,13-,14+,15+;;/m1../s1. The number of carbonyl (C=O) groups is 1. The average Bonchev–Trinajstić information content (AvgIpc) is 2.65. The number of aliphatic hydroxyl groups excluding tert-OH is 2. The third-order valence-corrected chi connectivity index (χ3v) is 5.23. The Morgan fingerprint density at radius 3 is 2.23 bits per heavy atom. The molecule has 0 aromatic heterocycles. The summed E-state index contributed by atoms with van der Waals surface area (Å²) in [5.74, 6) is -2.77. The van der Waals surface area contributed by atoms with Crippen molar-refractivity contribution < 1.29 is 34.3 Å². The third-order valence-electron chi connectivity index (χ3n) is 5.23. The fraction of sp³-hybridized carbons (Fsp3) is 0.933. The summed E-state index contributed by atoms with van der Waals surface area (Å²) in [5, 5.41) is 37.6. The number of ether oxygens (including phenoxy) is 3. The average molecular weight is 419 g/mol. The number of hydrogen-bond donors (Lipinski definition) is 5. The van der Waals surface area contributed by atoms with Gasteiger partial charge in [0.2, 0.25) is 6.29 Å². The van der Waals surface area contributed by atoms with Gasteiger partial charge in [0, 0.05) is 6.42 Å². The van der Waals surface area contributed by atoms with Gasteiger partial charge in [-0.2, -0.15) is 0 Å². The number of hydrogen-bond acceptors (Lipinski definition) is 9. The maximum Gasteiger partial charge on any atom is 0.279 e. The van der Waals surface area contributed by atoms with Gasteiger partial charge < -0.3 is 40.2 Å². The van der Waals surface area contributed by atoms with Crippen molar-refractivity contribution in [1.82, 2.24) is 10.6 Å². The molecule has 11 heteroatoms. The second kappa shape index (κ2) is 8.95. The van der Waals surface area contributed by atoms with Gasteiger partial charge in [-0.15, -0.1) is 24.8 Å². The molecular weight excluding hydrogens is 391 g/mol. The van der Waals surface area contributed by atoms with Crippen LogP contribution in [-0.2, 0) is 19.0 Å². The third kappa shape index (κ3) is 3.75. The molecule has 3 rings (SSSR count). The number of aliphatic hydroxyl groups is 3. The molecule has 5 N–H and O–H groups in total. The summed E-state index contributed by atoms with van der Waals surface area (Å²) >= 11 is 0. The highest BCUT2D eigenvalue weighted by molar-refractivity contribution is 5.86. The molecule has 2 saturated heterocycles. The number of Topliss-reactive ketones (excluding diaryl/α,β-unsaturated/α-hetero) is 1. The van der Waals surface area contributed by atoms with Gasteiger partial charge in [-0.1, -0.05) is 0 Å². The van der Waals surface area contributed by atoms with Crippen LogP contribution in [0.4, 0.5) is 0 Å². The van der Waals surface area contributed by atoms with E-state index < -0.39 is 54.4 Å². The van der Waals surface area contributed by atoms with Gasteiger partial charge >= 0.3 is 0 Å². The molecule has 0 spiro atoms. The summed E-state index contributed by atoms with van der Waals surface area (Å²) in [4.78, 5) is 12.4. The fourth-order valence-corrected chi connectivity index (χ4v) is 3.81. The molecule has 3 fully saturated rings. The summed E-state index contributed by atoms with van der Waals surface area (Å²) in [5.41, 5.74) is 0. The molecule has 9 atom stereocenters. The van der Waals surface area contributed by atoms with Crippen LogP contribution >= 0.6 is 24.8 Å². The monoisotopic (exact) mass is 418 g/mol. The first kappa shape index (κ1) is 24.0. The van der Waals surface area contributed by atoms with Crippen LogP contribution in [0, 0.1) is 0 Å². The van der Waals surface area contributed by atoms with Crippen LogP contribution < -0.4 is 10.6 Å². The molecule has 2 heterocycles. The van der Waals surface area contributed by atoms with Crippen LogP contribution in [0.5, 0.6) is 0 Å². The highest BCUT2D eigenvalue weighted by atomic mass is 35.5. The number of likely N-dealkylation sites (N-methyl/N-ethyl adjacent to an activating group) is 2. The molecule has 0 radical (unpaired) electrons. The molecule has 26 heavy (non-hydrogen) atoms. The molecule has 3 aliphatic rings. The number of halogens is 2. The molecule has 0 bridgehead atoms. The zero-order valence-corrected chi connectivity index (χ0v) is 16.5. The first-order valence-electron chi connectivity index (χ1n) is 8.28. The summed E-state index contributed by atoms with van der Waals surface area (Å²) in [6.07, 6.45) is -4.94. The minimum absolute atomic E-state index is 0. The lowest BCUT2D eigenvalue weighted by Crippen LogP contribution is -2.76. The van der Waals surface area contributed by atoms with E-state index in [1.165, 1.54) is 0 Å². The molecule has 0 unspecified atom stereocenters. The second-order valence-electron chi connectivity index (χ2n) is 6.73. The molecule has 0 aromatic rings. The molecule has 0 amide bonds. The number of nitrogens with one attached hydrogen (secondary N) is 2. The predicted octanol–water partition coefficient (Wildman–Crippen LogP) is -1.69. The van der Waals surface area contributed by atoms with Crippen LogP contribution in [0.25, 0.3) is 0 Å². The molecule has 9 nitrogen and oxygen atoms in total. The van der Waals surface area contributed by atoms with E-state index in [9.17, 15) is 20.1 Å². The van der Waals surface area contributed by atoms with Crippen molar-refractivity contribution in [3.8, 4) is 0 Å². The van der Waals surface area contributed by atoms with Crippen molar-refractivity contribution in [1.29, 1.82) is 0 Å². The molecule has 1 saturated carbocycles. The van der Waals surface area contributed by atoms with Crippen LogP contribution in [-0.4, -0.2) is 89.9 Å². The van der Waals surface area contributed by atoms with E-state index >= 15 is 0 Å². The minimum atomic E-state index is -2.24. The van der Waals surface area contributed by atoms with Gasteiger partial charge in [0.05, 0.1) is 24.3 Å². The second-order valence-corrected chi connectivity index (χ2v) is 6.73. The van der Waals surface area contributed by atoms with Crippen LogP contribution in [0.15, 0.2) is 0 Å². The van der Waals surface area contributed by atoms with Crippen molar-refractivity contribution in [3.63, 3.8) is 0 Å². The van der Waals surface area contributed by atoms with Crippen molar-refractivity contribution >= 4 is 30.6 Å². The van der Waals surface area contributed by atoms with Gasteiger partial charge in [0.15, 0.2) is 5.78 Å². The first-order chi connectivity index (χ1) is 11.3. The Hall–Kier alpha value is -0.0700. The smallest absolute Gasteiger partial charge is 0.279 e. The lowest BCUT2D eigenvalue weighted by atomic mass is 9.80. The molecule has 0 aromatic carbocycles. The largest absolute Gasteiger partial charge is 0.390 e. The SMILES string of the molecule is CN[C@@H]1[C@H](O)[C@H](NC)[C@H]2O[C@@]3(O)C(=O)CC[C@@H](C)O[C@H]3O[C@@H]2[C@H]1O.Cl.Cl. The number of carbonyl (C=O) groups excluding carboxylic acids is 1. The van der Waals surface area contributed by atoms with E-state index in [4.69, 9.17) is 14.2 Å². The van der Waals surface area contributed by atoms with Crippen molar-refractivity contribution in [2.45, 2.75) is 74.4 Å². The van der Waals surface area contributed by atoms with E-state index in [-0.39, 0.29) is 37.3 Å². The van der Waals surface area contributed by atoms with Gasteiger partial charge in [0.1, 0.15) is 18.3 Å². The highest BCUT2D eigenvalue weighted by Gasteiger charge is 2.62. The summed E-state index contributed by atoms with van der Waals surface area (Å²) in [6.45, 7) is 1.78. The van der Waals surface area contributed by atoms with Crippen molar-refractivity contribution in [3.05, 3.63) is 0 Å². The summed E-state index contributed by atoms with van der Waals surface area (Å²) in [7, 11) is 3.25. The Labute approximate surface area is 164 Å². The zero-order chi connectivity index (χ0) is 17.6. The fourth-order valence-electron chi connectivity index (χ4n) is 3.81. The Bertz CT molecular complexity index is 503. The van der Waals surface area contributed by atoms with Gasteiger partial charge in [-0.25, -0.2) is 0 Å². The van der Waals surface area contributed by atoms with Crippen LogP contribution in [0.2, 0.25) is 0 Å². The van der Waals surface area contributed by atoms with Crippen molar-refractivity contribution in [2.24, 2.45) is 0 Å². The zero-order valence-electron chi connectivity index (χ0n) is 14.8. The van der Waals surface area contributed by atoms with Gasteiger partial charge in [0.25, 0.3) is 5.79 Å². The minimum Gasteiger partial charge on any atom is -0.390 e. The Morgan fingerprint density at radius 1 is 1.04 bits per heavy atom. The van der Waals surface area contributed by atoms with E-state index in [1.54, 1.807) is 21.0 Å². The highest BCUT2D eigenvalue weighted by Crippen LogP contribution is 2.39. The lowest BCUT2D eigenvalue weighted by molar-refractivity contribution is -0.408. The Balaban J connectivity index is 0.00000169. The van der Waals surface area contributed by atoms with Gasteiger partial charge in [-0.05, 0) is 27.4 Å². The summed E-state index contributed by atoms with van der Waals surface area (Å²) in [6, 6.07) is -1.30. The maximum absolute atomic E-state index is 12.4. The first-order valence-corrected chi connectivity index (χ1v) is 8.28. The quantitative estimate of drug-likeness (QED) is 0.356. The summed E-state index contributed by atoms with van der Waals surface area (Å²) < 4.78 is 17.1. The molecule has 1 aliphatic carbocycles. The van der Waals surface area contributed by atoms with Crippen LogP contribution in [0.1, 0.15) is 19.8 Å². The maximum atomic E-state index is 12.4. The normalized spacial score (nSPS) is 48.3. The van der Waals surface area contributed by atoms with Crippen LogP contribution in [0.3, 0.4) is 0 Å². The molecule has 154 valence electrons. The van der Waals surface area contributed by atoms with E-state index in [0.29, 0.717) is 6.42 Å². The van der Waals surface area contributed by atoms with E-state index in [0.717, 1.165) is 0 Å². The Kier molecular flexibility index (Phi) is 8.25. The van der Waals surface area contributed by atoms with E-state index in [1.807, 2.05) is 0 Å².